The third-order valence-corrected chi connectivity index (χ3v) is 4.87. The third-order valence-electron chi connectivity index (χ3n) is 3.63. The van der Waals surface area contributed by atoms with Crippen LogP contribution in [0.4, 0.5) is 0 Å². The molecule has 2 unspecified atom stereocenters. The van der Waals surface area contributed by atoms with Crippen molar-refractivity contribution >= 4 is 11.8 Å². The second-order valence-corrected chi connectivity index (χ2v) is 6.54. The number of aliphatic hydroxyl groups excluding tert-OH is 4. The van der Waals surface area contributed by atoms with Crippen LogP contribution >= 0.6 is 11.8 Å². The van der Waals surface area contributed by atoms with Gasteiger partial charge in [0.2, 0.25) is 0 Å². The molecule has 0 saturated carbocycles. The van der Waals surface area contributed by atoms with Crippen molar-refractivity contribution in [1.29, 1.82) is 0 Å². The van der Waals surface area contributed by atoms with E-state index in [4.69, 9.17) is 9.84 Å². The smallest absolute Gasteiger partial charge is 0.132 e. The molecular weight excluding hydrogens is 280 g/mol. The van der Waals surface area contributed by atoms with Gasteiger partial charge in [0.1, 0.15) is 29.9 Å². The number of aliphatic hydroxyl groups is 4. The Hall–Kier alpha value is 0.150. The fourth-order valence-corrected chi connectivity index (χ4v) is 3.47. The highest BCUT2D eigenvalue weighted by molar-refractivity contribution is 7.99. The minimum absolute atomic E-state index is 0.362. The van der Waals surface area contributed by atoms with Crippen LogP contribution < -0.4 is 0 Å². The van der Waals surface area contributed by atoms with Crippen LogP contribution in [0.2, 0.25) is 0 Å². The minimum Gasteiger partial charge on any atom is -0.394 e. The van der Waals surface area contributed by atoms with Gasteiger partial charge >= 0.3 is 0 Å². The molecule has 1 heterocycles. The Bertz CT molecular complexity index is 252. The normalized spacial score (nSPS) is 34.4. The largest absolute Gasteiger partial charge is 0.394 e. The van der Waals surface area contributed by atoms with E-state index < -0.39 is 29.9 Å². The Morgan fingerprint density at radius 1 is 0.900 bits per heavy atom. The van der Waals surface area contributed by atoms with Crippen molar-refractivity contribution in [3.05, 3.63) is 0 Å². The van der Waals surface area contributed by atoms with Crippen LogP contribution in [0.5, 0.6) is 0 Å². The lowest BCUT2D eigenvalue weighted by Gasteiger charge is -2.39. The van der Waals surface area contributed by atoms with Gasteiger partial charge in [-0.25, -0.2) is 0 Å². The standard InChI is InChI=1S/C14H28O5S/c1-2-3-4-5-6-7-8-20-14-13(18)12(17)11(16)10(9-15)19-14/h10-18H,2-9H2,1H3/t10?,11-,12-,13?,14-/m1/s1. The summed E-state index contributed by atoms with van der Waals surface area (Å²) in [7, 11) is 0. The topological polar surface area (TPSA) is 90.2 Å². The molecule has 5 nitrogen and oxygen atoms in total. The molecule has 5 atom stereocenters. The van der Waals surface area contributed by atoms with E-state index in [0.29, 0.717) is 0 Å². The predicted octanol–water partition coefficient (Wildman–Crippen LogP) is 0.880. The van der Waals surface area contributed by atoms with Crippen molar-refractivity contribution in [3.63, 3.8) is 0 Å². The Morgan fingerprint density at radius 3 is 2.20 bits per heavy atom. The highest BCUT2D eigenvalue weighted by atomic mass is 32.2. The number of hydrogen-bond acceptors (Lipinski definition) is 6. The molecule has 1 aliphatic rings. The van der Waals surface area contributed by atoms with Crippen LogP contribution in [-0.4, -0.2) is 62.6 Å². The zero-order valence-electron chi connectivity index (χ0n) is 12.1. The molecule has 1 aliphatic heterocycles. The van der Waals surface area contributed by atoms with Gasteiger partial charge in [-0.2, -0.15) is 0 Å². The molecule has 0 aromatic rings. The second kappa shape index (κ2) is 9.97. The molecule has 1 fully saturated rings. The summed E-state index contributed by atoms with van der Waals surface area (Å²) < 4.78 is 5.43. The zero-order chi connectivity index (χ0) is 15.0. The van der Waals surface area contributed by atoms with Gasteiger partial charge in [-0.05, 0) is 12.2 Å². The molecule has 0 aromatic heterocycles. The molecule has 0 aliphatic carbocycles. The Kier molecular flexibility index (Phi) is 9.08. The van der Waals surface area contributed by atoms with Gasteiger partial charge in [0.15, 0.2) is 0 Å². The first-order chi connectivity index (χ1) is 9.61. The first-order valence-electron chi connectivity index (χ1n) is 7.54. The minimum atomic E-state index is -1.26. The van der Waals surface area contributed by atoms with Crippen molar-refractivity contribution in [1.82, 2.24) is 0 Å². The SMILES string of the molecule is CCCCCCCCS[C@H]1OC(CO)[C@@H](O)[C@@H](O)C1O. The van der Waals surface area contributed by atoms with Crippen molar-refractivity contribution in [3.8, 4) is 0 Å². The molecule has 1 saturated heterocycles. The summed E-state index contributed by atoms with van der Waals surface area (Å²) in [5.74, 6) is 0.842. The number of thioether (sulfide) groups is 1. The van der Waals surface area contributed by atoms with Crippen molar-refractivity contribution < 1.29 is 25.2 Å². The molecule has 120 valence electrons. The summed E-state index contributed by atoms with van der Waals surface area (Å²) in [4.78, 5) is 0. The zero-order valence-corrected chi connectivity index (χ0v) is 13.0. The molecule has 6 heteroatoms. The predicted molar refractivity (Wildman–Crippen MR) is 79.6 cm³/mol. The van der Waals surface area contributed by atoms with E-state index in [0.717, 1.165) is 18.6 Å². The molecule has 0 spiro atoms. The van der Waals surface area contributed by atoms with Gasteiger partial charge in [-0.15, -0.1) is 11.8 Å². The van der Waals surface area contributed by atoms with Crippen molar-refractivity contribution in [2.45, 2.75) is 75.3 Å². The molecular formula is C14H28O5S. The van der Waals surface area contributed by atoms with Crippen LogP contribution in [0.15, 0.2) is 0 Å². The average molecular weight is 308 g/mol. The molecule has 0 radical (unpaired) electrons. The maximum Gasteiger partial charge on any atom is 0.132 e. The summed E-state index contributed by atoms with van der Waals surface area (Å²) >= 11 is 1.44. The van der Waals surface area contributed by atoms with E-state index in [-0.39, 0.29) is 6.61 Å². The van der Waals surface area contributed by atoms with Gasteiger partial charge in [0.25, 0.3) is 0 Å². The first-order valence-corrected chi connectivity index (χ1v) is 8.58. The lowest BCUT2D eigenvalue weighted by molar-refractivity contribution is -0.205. The summed E-state index contributed by atoms with van der Waals surface area (Å²) in [6.45, 7) is 1.83. The van der Waals surface area contributed by atoms with E-state index >= 15 is 0 Å². The molecule has 4 N–H and O–H groups in total. The first kappa shape index (κ1) is 18.2. The highest BCUT2D eigenvalue weighted by Gasteiger charge is 2.43. The molecule has 20 heavy (non-hydrogen) atoms. The number of ether oxygens (including phenoxy) is 1. The van der Waals surface area contributed by atoms with Gasteiger partial charge in [0, 0.05) is 0 Å². The summed E-state index contributed by atoms with van der Waals surface area (Å²) in [5.41, 5.74) is -0.582. The lowest BCUT2D eigenvalue weighted by atomic mass is 10.0. The number of hydrogen-bond donors (Lipinski definition) is 4. The third kappa shape index (κ3) is 5.50. The van der Waals surface area contributed by atoms with Crippen LogP contribution in [0.1, 0.15) is 45.4 Å². The molecule has 1 rings (SSSR count). The fraction of sp³-hybridized carbons (Fsp3) is 1.00. The molecule has 0 bridgehead atoms. The maximum atomic E-state index is 9.86. The van der Waals surface area contributed by atoms with Crippen LogP contribution in [-0.2, 0) is 4.74 Å². The number of rotatable bonds is 9. The van der Waals surface area contributed by atoms with Crippen molar-refractivity contribution in [2.24, 2.45) is 0 Å². The molecule has 0 aromatic carbocycles. The van der Waals surface area contributed by atoms with Crippen LogP contribution in [0.3, 0.4) is 0 Å². The Balaban J connectivity index is 2.21. The molecule has 0 amide bonds. The highest BCUT2D eigenvalue weighted by Crippen LogP contribution is 2.29. The second-order valence-electron chi connectivity index (χ2n) is 5.34. The van der Waals surface area contributed by atoms with E-state index in [9.17, 15) is 15.3 Å². The van der Waals surface area contributed by atoms with E-state index in [2.05, 4.69) is 6.92 Å². The quantitative estimate of drug-likeness (QED) is 0.473. The average Bonchev–Trinajstić information content (AvgIpc) is 2.46. The van der Waals surface area contributed by atoms with Crippen LogP contribution in [0.25, 0.3) is 0 Å². The monoisotopic (exact) mass is 308 g/mol. The van der Waals surface area contributed by atoms with E-state index in [1.54, 1.807) is 0 Å². The van der Waals surface area contributed by atoms with Gasteiger partial charge in [-0.3, -0.25) is 0 Å². The van der Waals surface area contributed by atoms with Gasteiger partial charge in [-0.1, -0.05) is 39.0 Å². The summed E-state index contributed by atoms with van der Waals surface area (Å²) in [5, 5.41) is 38.3. The van der Waals surface area contributed by atoms with Gasteiger partial charge < -0.3 is 25.2 Å². The lowest BCUT2D eigenvalue weighted by Crippen LogP contribution is -2.57. The maximum absolute atomic E-state index is 9.86. The van der Waals surface area contributed by atoms with Gasteiger partial charge in [0.05, 0.1) is 6.61 Å². The fourth-order valence-electron chi connectivity index (χ4n) is 2.29. The number of unbranched alkanes of at least 4 members (excludes halogenated alkanes) is 5. The van der Waals surface area contributed by atoms with E-state index in [1.165, 1.54) is 37.4 Å². The Morgan fingerprint density at radius 2 is 1.55 bits per heavy atom. The van der Waals surface area contributed by atoms with Crippen molar-refractivity contribution in [2.75, 3.05) is 12.4 Å². The Labute approximate surface area is 125 Å². The van der Waals surface area contributed by atoms with E-state index in [1.807, 2.05) is 0 Å². The summed E-state index contributed by atoms with van der Waals surface area (Å²) in [6.07, 6.45) is 2.77. The van der Waals surface area contributed by atoms with Crippen LogP contribution in [0, 0.1) is 0 Å². The summed E-state index contributed by atoms with van der Waals surface area (Å²) in [6, 6.07) is 0.